The molecule has 0 spiro atoms. The number of nitriles is 1. The van der Waals surface area contributed by atoms with Gasteiger partial charge in [-0.05, 0) is 37.6 Å². The zero-order valence-corrected chi connectivity index (χ0v) is 11.2. The Morgan fingerprint density at radius 1 is 1.50 bits per heavy atom. The standard InChI is InChI=1S/C15H21N3/c1-3-7-18(15-10-17-11-15)12(2)14-6-4-5-13(8-14)9-16/h4-6,8,12,15,17H,3,7,10-11H2,1-2H3. The van der Waals surface area contributed by atoms with Gasteiger partial charge in [-0.15, -0.1) is 0 Å². The second-order valence-electron chi connectivity index (χ2n) is 4.96. The molecule has 0 amide bonds. The Morgan fingerprint density at radius 3 is 2.83 bits per heavy atom. The van der Waals surface area contributed by atoms with E-state index in [-0.39, 0.29) is 0 Å². The smallest absolute Gasteiger partial charge is 0.0991 e. The van der Waals surface area contributed by atoms with Crippen molar-refractivity contribution in [3.8, 4) is 6.07 Å². The number of hydrogen-bond donors (Lipinski definition) is 1. The molecule has 1 heterocycles. The summed E-state index contributed by atoms with van der Waals surface area (Å²) in [7, 11) is 0. The summed E-state index contributed by atoms with van der Waals surface area (Å²) in [6, 6.07) is 11.2. The van der Waals surface area contributed by atoms with Crippen molar-refractivity contribution in [1.29, 1.82) is 5.26 Å². The third-order valence-electron chi connectivity index (χ3n) is 3.71. The molecule has 1 aliphatic rings. The number of benzene rings is 1. The average Bonchev–Trinajstić information content (AvgIpc) is 2.35. The van der Waals surface area contributed by atoms with E-state index in [9.17, 15) is 0 Å². The van der Waals surface area contributed by atoms with E-state index in [1.54, 1.807) is 0 Å². The van der Waals surface area contributed by atoms with Gasteiger partial charge in [-0.3, -0.25) is 4.90 Å². The van der Waals surface area contributed by atoms with Crippen molar-refractivity contribution < 1.29 is 0 Å². The number of nitrogens with zero attached hydrogens (tertiary/aromatic N) is 2. The van der Waals surface area contributed by atoms with Crippen LogP contribution in [0.2, 0.25) is 0 Å². The van der Waals surface area contributed by atoms with Gasteiger partial charge in [-0.25, -0.2) is 0 Å². The van der Waals surface area contributed by atoms with E-state index in [2.05, 4.69) is 36.2 Å². The topological polar surface area (TPSA) is 39.1 Å². The highest BCUT2D eigenvalue weighted by Gasteiger charge is 2.28. The molecule has 0 bridgehead atoms. The van der Waals surface area contributed by atoms with Crippen LogP contribution in [0.15, 0.2) is 24.3 Å². The molecule has 0 aromatic heterocycles. The third kappa shape index (κ3) is 2.72. The summed E-state index contributed by atoms with van der Waals surface area (Å²) in [5.74, 6) is 0. The highest BCUT2D eigenvalue weighted by molar-refractivity contribution is 5.34. The lowest BCUT2D eigenvalue weighted by Gasteiger charge is -2.42. The van der Waals surface area contributed by atoms with Gasteiger partial charge in [0.25, 0.3) is 0 Å². The lowest BCUT2D eigenvalue weighted by Crippen LogP contribution is -2.57. The summed E-state index contributed by atoms with van der Waals surface area (Å²) in [6.45, 7) is 7.75. The van der Waals surface area contributed by atoms with E-state index >= 15 is 0 Å². The maximum Gasteiger partial charge on any atom is 0.0991 e. The highest BCUT2D eigenvalue weighted by atomic mass is 15.2. The van der Waals surface area contributed by atoms with Gasteiger partial charge in [0.05, 0.1) is 11.6 Å². The predicted molar refractivity (Wildman–Crippen MR) is 73.2 cm³/mol. The largest absolute Gasteiger partial charge is 0.314 e. The van der Waals surface area contributed by atoms with Crippen LogP contribution < -0.4 is 5.32 Å². The van der Waals surface area contributed by atoms with Crippen molar-refractivity contribution in [3.05, 3.63) is 35.4 Å². The van der Waals surface area contributed by atoms with E-state index < -0.39 is 0 Å². The minimum atomic E-state index is 0.380. The Balaban J connectivity index is 2.15. The molecule has 0 aliphatic carbocycles. The number of nitrogens with one attached hydrogen (secondary N) is 1. The molecule has 1 fully saturated rings. The normalized spacial score (nSPS) is 17.2. The SMILES string of the molecule is CCCN(C1CNC1)C(C)c1cccc(C#N)c1. The summed E-state index contributed by atoms with van der Waals surface area (Å²) in [4.78, 5) is 2.55. The molecule has 1 unspecified atom stereocenters. The van der Waals surface area contributed by atoms with Crippen molar-refractivity contribution in [2.75, 3.05) is 19.6 Å². The first kappa shape index (κ1) is 13.1. The zero-order valence-electron chi connectivity index (χ0n) is 11.2. The summed E-state index contributed by atoms with van der Waals surface area (Å²) in [5.41, 5.74) is 2.00. The minimum absolute atomic E-state index is 0.380. The van der Waals surface area contributed by atoms with Crippen LogP contribution in [-0.2, 0) is 0 Å². The van der Waals surface area contributed by atoms with Gasteiger partial charge >= 0.3 is 0 Å². The maximum atomic E-state index is 8.98. The van der Waals surface area contributed by atoms with E-state index in [1.807, 2.05) is 18.2 Å². The van der Waals surface area contributed by atoms with Crippen LogP contribution in [0.3, 0.4) is 0 Å². The molecule has 3 nitrogen and oxygen atoms in total. The Bertz CT molecular complexity index is 432. The number of rotatable bonds is 5. The van der Waals surface area contributed by atoms with Crippen molar-refractivity contribution in [2.45, 2.75) is 32.4 Å². The monoisotopic (exact) mass is 243 g/mol. The summed E-state index contributed by atoms with van der Waals surface area (Å²) < 4.78 is 0. The quantitative estimate of drug-likeness (QED) is 0.862. The van der Waals surface area contributed by atoms with E-state index in [1.165, 1.54) is 12.0 Å². The van der Waals surface area contributed by atoms with Gasteiger partial charge in [-0.2, -0.15) is 5.26 Å². The fraction of sp³-hybridized carbons (Fsp3) is 0.533. The maximum absolute atomic E-state index is 8.98. The van der Waals surface area contributed by atoms with Gasteiger partial charge in [0.2, 0.25) is 0 Å². The predicted octanol–water partition coefficient (Wildman–Crippen LogP) is 2.30. The Morgan fingerprint density at radius 2 is 2.28 bits per heavy atom. The molecule has 2 rings (SSSR count). The van der Waals surface area contributed by atoms with Crippen molar-refractivity contribution in [3.63, 3.8) is 0 Å². The van der Waals surface area contributed by atoms with Crippen LogP contribution in [0.1, 0.15) is 37.4 Å². The number of hydrogen-bond acceptors (Lipinski definition) is 3. The lowest BCUT2D eigenvalue weighted by atomic mass is 10.0. The molecular weight excluding hydrogens is 222 g/mol. The van der Waals surface area contributed by atoms with Crippen LogP contribution >= 0.6 is 0 Å². The molecule has 1 aliphatic heterocycles. The molecule has 0 saturated carbocycles. The summed E-state index contributed by atoms with van der Waals surface area (Å²) in [6.07, 6.45) is 1.17. The first-order valence-electron chi connectivity index (χ1n) is 6.72. The van der Waals surface area contributed by atoms with E-state index in [4.69, 9.17) is 5.26 Å². The molecule has 1 aromatic carbocycles. The Kier molecular flexibility index (Phi) is 4.35. The molecule has 0 radical (unpaired) electrons. The Labute approximate surface area is 109 Å². The van der Waals surface area contributed by atoms with Crippen molar-refractivity contribution in [2.24, 2.45) is 0 Å². The van der Waals surface area contributed by atoms with E-state index in [0.717, 1.165) is 25.2 Å². The van der Waals surface area contributed by atoms with Gasteiger partial charge in [-0.1, -0.05) is 19.1 Å². The summed E-state index contributed by atoms with van der Waals surface area (Å²) >= 11 is 0. The van der Waals surface area contributed by atoms with Gasteiger partial charge in [0.1, 0.15) is 0 Å². The van der Waals surface area contributed by atoms with Crippen molar-refractivity contribution >= 4 is 0 Å². The first-order chi connectivity index (χ1) is 8.76. The molecule has 3 heteroatoms. The molecule has 1 aromatic rings. The van der Waals surface area contributed by atoms with Crippen LogP contribution in [-0.4, -0.2) is 30.6 Å². The molecule has 1 N–H and O–H groups in total. The fourth-order valence-electron chi connectivity index (χ4n) is 2.52. The molecule has 96 valence electrons. The van der Waals surface area contributed by atoms with Crippen molar-refractivity contribution in [1.82, 2.24) is 10.2 Å². The van der Waals surface area contributed by atoms with Gasteiger partial charge in [0, 0.05) is 25.2 Å². The minimum Gasteiger partial charge on any atom is -0.314 e. The molecule has 1 saturated heterocycles. The molecular formula is C15H21N3. The van der Waals surface area contributed by atoms with Crippen LogP contribution in [0.4, 0.5) is 0 Å². The second-order valence-corrected chi connectivity index (χ2v) is 4.96. The van der Waals surface area contributed by atoms with Gasteiger partial charge in [0.15, 0.2) is 0 Å². The molecule has 1 atom stereocenters. The fourth-order valence-corrected chi connectivity index (χ4v) is 2.52. The second kappa shape index (κ2) is 5.99. The van der Waals surface area contributed by atoms with Crippen LogP contribution in [0.5, 0.6) is 0 Å². The average molecular weight is 243 g/mol. The van der Waals surface area contributed by atoms with Gasteiger partial charge < -0.3 is 5.32 Å². The first-order valence-corrected chi connectivity index (χ1v) is 6.72. The van der Waals surface area contributed by atoms with Crippen LogP contribution in [0, 0.1) is 11.3 Å². The molecule has 18 heavy (non-hydrogen) atoms. The van der Waals surface area contributed by atoms with E-state index in [0.29, 0.717) is 12.1 Å². The lowest BCUT2D eigenvalue weighted by molar-refractivity contribution is 0.103. The Hall–Kier alpha value is -1.37. The zero-order chi connectivity index (χ0) is 13.0. The third-order valence-corrected chi connectivity index (χ3v) is 3.71. The van der Waals surface area contributed by atoms with Crippen LogP contribution in [0.25, 0.3) is 0 Å². The summed E-state index contributed by atoms with van der Waals surface area (Å²) in [5, 5.41) is 12.3. The highest BCUT2D eigenvalue weighted by Crippen LogP contribution is 2.24.